The Morgan fingerprint density at radius 1 is 1.35 bits per heavy atom. The number of hydrogen-bond acceptors (Lipinski definition) is 7. The van der Waals surface area contributed by atoms with Crippen LogP contribution in [0.3, 0.4) is 0 Å². The average Bonchev–Trinajstić information content (AvgIpc) is 2.81. The molecule has 2 heterocycles. The van der Waals surface area contributed by atoms with Crippen LogP contribution in [0.25, 0.3) is 0 Å². The van der Waals surface area contributed by atoms with Gasteiger partial charge in [0.05, 0.1) is 6.54 Å². The van der Waals surface area contributed by atoms with Crippen molar-refractivity contribution < 1.29 is 13.2 Å². The number of thiazole rings is 1. The van der Waals surface area contributed by atoms with Crippen LogP contribution >= 0.6 is 11.3 Å². The lowest BCUT2D eigenvalue weighted by Gasteiger charge is -2.10. The molecule has 20 heavy (non-hydrogen) atoms. The molecule has 0 saturated carbocycles. The number of hydrazine groups is 1. The van der Waals surface area contributed by atoms with Crippen LogP contribution in [0.5, 0.6) is 0 Å². The summed E-state index contributed by atoms with van der Waals surface area (Å²) in [6, 6.07) is 1.22. The summed E-state index contributed by atoms with van der Waals surface area (Å²) in [6.07, 6.45) is -4.68. The highest BCUT2D eigenvalue weighted by molar-refractivity contribution is 7.07. The zero-order chi connectivity index (χ0) is 14.8. The lowest BCUT2D eigenvalue weighted by atomic mass is 10.4. The van der Waals surface area contributed by atoms with Gasteiger partial charge in [0.1, 0.15) is 11.6 Å². The average molecular weight is 306 g/mol. The number of nitrogens with two attached hydrogens (primary N) is 1. The zero-order valence-electron chi connectivity index (χ0n) is 9.78. The van der Waals surface area contributed by atoms with Crippen molar-refractivity contribution in [2.24, 2.45) is 5.84 Å². The highest BCUT2D eigenvalue weighted by Gasteiger charge is 2.35. The van der Waals surface area contributed by atoms with Gasteiger partial charge in [-0.3, -0.25) is 4.79 Å². The van der Waals surface area contributed by atoms with Crippen LogP contribution < -0.4 is 21.5 Å². The third-order valence-electron chi connectivity index (χ3n) is 2.16. The van der Waals surface area contributed by atoms with Crippen LogP contribution in [0.4, 0.5) is 24.8 Å². The van der Waals surface area contributed by atoms with Gasteiger partial charge in [-0.1, -0.05) is 11.3 Å². The molecular formula is C9H9F3N6OS. The van der Waals surface area contributed by atoms with Gasteiger partial charge in [0, 0.05) is 17.1 Å². The molecule has 2 aromatic heterocycles. The Hall–Kier alpha value is -2.14. The van der Waals surface area contributed by atoms with Crippen LogP contribution in [0.2, 0.25) is 0 Å². The molecule has 0 saturated heterocycles. The number of aromatic nitrogens is 3. The van der Waals surface area contributed by atoms with Gasteiger partial charge in [-0.2, -0.15) is 13.2 Å². The molecule has 0 amide bonds. The Labute approximate surface area is 114 Å². The highest BCUT2D eigenvalue weighted by Crippen LogP contribution is 2.28. The molecule has 5 N–H and O–H groups in total. The number of H-pyrrole nitrogens is 1. The van der Waals surface area contributed by atoms with Crippen molar-refractivity contribution in [3.8, 4) is 0 Å². The molecule has 7 nitrogen and oxygen atoms in total. The van der Waals surface area contributed by atoms with Gasteiger partial charge >= 0.3 is 11.0 Å². The van der Waals surface area contributed by atoms with E-state index < -0.39 is 12.0 Å². The van der Waals surface area contributed by atoms with Gasteiger partial charge in [0.2, 0.25) is 5.82 Å². The minimum Gasteiger partial charge on any atom is -0.364 e. The second kappa shape index (κ2) is 5.46. The molecule has 0 spiro atoms. The third-order valence-corrected chi connectivity index (χ3v) is 2.88. The molecule has 2 rings (SSSR count). The monoisotopic (exact) mass is 306 g/mol. The lowest BCUT2D eigenvalue weighted by Crippen LogP contribution is -2.17. The fourth-order valence-corrected chi connectivity index (χ4v) is 1.91. The number of rotatable bonds is 4. The number of nitrogens with one attached hydrogen (secondary N) is 3. The van der Waals surface area contributed by atoms with E-state index in [1.165, 1.54) is 6.07 Å². The summed E-state index contributed by atoms with van der Waals surface area (Å²) in [5.74, 6) is 3.51. The zero-order valence-corrected chi connectivity index (χ0v) is 10.6. The maximum absolute atomic E-state index is 12.6. The first-order chi connectivity index (χ1) is 9.38. The maximum atomic E-state index is 12.6. The van der Waals surface area contributed by atoms with E-state index in [0.717, 1.165) is 11.3 Å². The smallest absolute Gasteiger partial charge is 0.364 e. The first-order valence-corrected chi connectivity index (χ1v) is 6.10. The van der Waals surface area contributed by atoms with E-state index in [1.54, 1.807) is 5.38 Å². The summed E-state index contributed by atoms with van der Waals surface area (Å²) in [7, 11) is 0. The van der Waals surface area contributed by atoms with Gasteiger partial charge in [-0.25, -0.2) is 15.8 Å². The summed E-state index contributed by atoms with van der Waals surface area (Å²) in [5, 5.41) is 4.21. The normalized spacial score (nSPS) is 11.4. The number of anilines is 2. The van der Waals surface area contributed by atoms with Crippen LogP contribution in [0.1, 0.15) is 11.5 Å². The molecule has 0 aliphatic rings. The van der Waals surface area contributed by atoms with Crippen LogP contribution in [-0.4, -0.2) is 15.0 Å². The largest absolute Gasteiger partial charge is 0.451 e. The van der Waals surface area contributed by atoms with E-state index in [1.807, 2.05) is 5.43 Å². The molecule has 0 aromatic carbocycles. The minimum absolute atomic E-state index is 0.0627. The van der Waals surface area contributed by atoms with Crippen LogP contribution in [0.15, 0.2) is 16.2 Å². The van der Waals surface area contributed by atoms with E-state index >= 15 is 0 Å². The van der Waals surface area contributed by atoms with E-state index in [2.05, 4.69) is 20.3 Å². The number of aromatic amines is 1. The standard InChI is InChI=1S/C9H9F3N6OS/c10-9(11,12)7-16-5(1-6(17-7)18-13)14-2-4-3-20-8(19)15-4/h1,3H,2,13H2,(H,15,19)(H2,14,16,17,18). The van der Waals surface area contributed by atoms with Gasteiger partial charge in [0.15, 0.2) is 0 Å². The lowest BCUT2D eigenvalue weighted by molar-refractivity contribution is -0.144. The summed E-state index contributed by atoms with van der Waals surface area (Å²) in [4.78, 5) is 19.7. The predicted molar refractivity (Wildman–Crippen MR) is 67.1 cm³/mol. The number of nitrogens with zero attached hydrogens (tertiary/aromatic N) is 2. The minimum atomic E-state index is -4.68. The summed E-state index contributed by atoms with van der Waals surface area (Å²) in [6.45, 7) is 0.122. The molecule has 11 heteroatoms. The molecule has 108 valence electrons. The van der Waals surface area contributed by atoms with Crippen LogP contribution in [-0.2, 0) is 12.7 Å². The number of halogens is 3. The van der Waals surface area contributed by atoms with Crippen LogP contribution in [0, 0.1) is 0 Å². The van der Waals surface area contributed by atoms with Crippen molar-refractivity contribution in [2.75, 3.05) is 10.7 Å². The fourth-order valence-electron chi connectivity index (χ4n) is 1.32. The van der Waals surface area contributed by atoms with Crippen molar-refractivity contribution in [1.29, 1.82) is 0 Å². The Balaban J connectivity index is 2.20. The molecule has 0 fully saturated rings. The van der Waals surface area contributed by atoms with Gasteiger partial charge in [-0.05, 0) is 0 Å². The Kier molecular flexibility index (Phi) is 3.90. The summed E-state index contributed by atoms with van der Waals surface area (Å²) >= 11 is 0.958. The third kappa shape index (κ3) is 3.45. The second-order valence-corrected chi connectivity index (χ2v) is 4.47. The molecular weight excluding hydrogens is 297 g/mol. The SMILES string of the molecule is NNc1cc(NCc2csc(=O)[nH]2)nc(C(F)(F)F)n1. The summed E-state index contributed by atoms with van der Waals surface area (Å²) < 4.78 is 37.8. The second-order valence-electron chi connectivity index (χ2n) is 3.63. The van der Waals surface area contributed by atoms with E-state index in [4.69, 9.17) is 5.84 Å². The van der Waals surface area contributed by atoms with Gasteiger partial charge < -0.3 is 15.7 Å². The highest BCUT2D eigenvalue weighted by atomic mass is 32.1. The van der Waals surface area contributed by atoms with Gasteiger partial charge in [-0.15, -0.1) is 0 Å². The number of alkyl halides is 3. The van der Waals surface area contributed by atoms with Crippen molar-refractivity contribution >= 4 is 23.0 Å². The Morgan fingerprint density at radius 3 is 2.60 bits per heavy atom. The number of nitrogen functional groups attached to an aromatic ring is 1. The maximum Gasteiger partial charge on any atom is 0.451 e. The van der Waals surface area contributed by atoms with E-state index in [-0.39, 0.29) is 23.1 Å². The molecule has 0 aliphatic carbocycles. The molecule has 2 aromatic rings. The van der Waals surface area contributed by atoms with E-state index in [0.29, 0.717) is 5.69 Å². The summed E-state index contributed by atoms with van der Waals surface area (Å²) in [5.41, 5.74) is 2.57. The molecule has 0 unspecified atom stereocenters. The Bertz CT molecular complexity index is 652. The topological polar surface area (TPSA) is 109 Å². The van der Waals surface area contributed by atoms with Crippen molar-refractivity contribution in [3.63, 3.8) is 0 Å². The molecule has 0 bridgehead atoms. The van der Waals surface area contributed by atoms with Crippen molar-refractivity contribution in [3.05, 3.63) is 32.6 Å². The molecule has 0 radical (unpaired) electrons. The van der Waals surface area contributed by atoms with E-state index in [9.17, 15) is 18.0 Å². The molecule has 0 aliphatic heterocycles. The van der Waals surface area contributed by atoms with Crippen molar-refractivity contribution in [1.82, 2.24) is 15.0 Å². The first kappa shape index (κ1) is 14.3. The quantitative estimate of drug-likeness (QED) is 0.498. The number of hydrogen-bond donors (Lipinski definition) is 4. The Morgan fingerprint density at radius 2 is 2.05 bits per heavy atom. The predicted octanol–water partition coefficient (Wildman–Crippen LogP) is 1.14. The van der Waals surface area contributed by atoms with Gasteiger partial charge in [0.25, 0.3) is 0 Å². The van der Waals surface area contributed by atoms with Crippen molar-refractivity contribution in [2.45, 2.75) is 12.7 Å². The fraction of sp³-hybridized carbons (Fsp3) is 0.222. The molecule has 0 atom stereocenters. The first-order valence-electron chi connectivity index (χ1n) is 5.22.